The summed E-state index contributed by atoms with van der Waals surface area (Å²) in [5, 5.41) is 8.77. The van der Waals surface area contributed by atoms with Gasteiger partial charge >= 0.3 is 5.97 Å². The molecule has 0 saturated carbocycles. The van der Waals surface area contributed by atoms with Crippen molar-refractivity contribution < 1.29 is 27.8 Å². The van der Waals surface area contributed by atoms with Crippen LogP contribution in [-0.4, -0.2) is 38.7 Å². The lowest BCUT2D eigenvalue weighted by Gasteiger charge is -2.14. The molecule has 0 bridgehead atoms. The third kappa shape index (κ3) is 4.61. The predicted octanol–water partition coefficient (Wildman–Crippen LogP) is 1.24. The number of benzene rings is 1. The maximum absolute atomic E-state index is 12.1. The Morgan fingerprint density at radius 3 is 2.33 bits per heavy atom. The van der Waals surface area contributed by atoms with Crippen molar-refractivity contribution in [1.29, 1.82) is 0 Å². The first-order valence-electron chi connectivity index (χ1n) is 6.46. The Kier molecular flexibility index (Phi) is 5.98. The fraction of sp³-hybridized carbons (Fsp3) is 0.462. The van der Waals surface area contributed by atoms with Gasteiger partial charge in [-0.15, -0.1) is 0 Å². The average molecular weight is 317 g/mol. The number of carboxylic acids is 1. The summed E-state index contributed by atoms with van der Waals surface area (Å²) in [7, 11) is -3.94. The molecule has 0 aliphatic carbocycles. The minimum atomic E-state index is -3.94. The summed E-state index contributed by atoms with van der Waals surface area (Å²) in [6, 6.07) is 2.90. The van der Waals surface area contributed by atoms with Gasteiger partial charge in [0.2, 0.25) is 10.0 Å². The number of carboxylic acid groups (broad SMARTS) is 1. The van der Waals surface area contributed by atoms with Gasteiger partial charge in [0.15, 0.2) is 11.5 Å². The van der Waals surface area contributed by atoms with Gasteiger partial charge in [0.05, 0.1) is 18.1 Å². The molecule has 1 aromatic rings. The molecule has 8 heteroatoms. The van der Waals surface area contributed by atoms with E-state index in [0.29, 0.717) is 24.7 Å². The van der Waals surface area contributed by atoms with Crippen LogP contribution in [0.3, 0.4) is 0 Å². The van der Waals surface area contributed by atoms with Crippen molar-refractivity contribution in [3.05, 3.63) is 18.2 Å². The largest absolute Gasteiger partial charge is 0.490 e. The minimum Gasteiger partial charge on any atom is -0.490 e. The van der Waals surface area contributed by atoms with Crippen molar-refractivity contribution in [1.82, 2.24) is 4.72 Å². The molecule has 0 unspecified atom stereocenters. The molecule has 1 atom stereocenters. The monoisotopic (exact) mass is 317 g/mol. The standard InChI is InChI=1S/C13H19NO6S/c1-4-19-11-7-6-10(8-12(11)20-5-2)21(17,18)14-9(3)13(15)16/h6-9,14H,4-5H2,1-3H3,(H,15,16)/t9-/m0/s1. The van der Waals surface area contributed by atoms with E-state index >= 15 is 0 Å². The van der Waals surface area contributed by atoms with Crippen LogP contribution < -0.4 is 14.2 Å². The van der Waals surface area contributed by atoms with E-state index in [0.717, 1.165) is 0 Å². The Hall–Kier alpha value is -1.80. The molecular weight excluding hydrogens is 298 g/mol. The molecule has 118 valence electrons. The summed E-state index contributed by atoms with van der Waals surface area (Å²) < 4.78 is 37.0. The molecule has 0 saturated heterocycles. The predicted molar refractivity (Wildman–Crippen MR) is 76.2 cm³/mol. The van der Waals surface area contributed by atoms with E-state index in [4.69, 9.17) is 14.6 Å². The normalized spacial score (nSPS) is 12.7. The number of ether oxygens (including phenoxy) is 2. The van der Waals surface area contributed by atoms with Crippen LogP contribution in [-0.2, 0) is 14.8 Å². The maximum atomic E-state index is 12.1. The van der Waals surface area contributed by atoms with Crippen molar-refractivity contribution in [2.45, 2.75) is 31.7 Å². The van der Waals surface area contributed by atoms with E-state index in [9.17, 15) is 13.2 Å². The van der Waals surface area contributed by atoms with Crippen LogP contribution in [0.1, 0.15) is 20.8 Å². The van der Waals surface area contributed by atoms with Crippen molar-refractivity contribution in [3.8, 4) is 11.5 Å². The summed E-state index contributed by atoms with van der Waals surface area (Å²) >= 11 is 0. The van der Waals surface area contributed by atoms with E-state index in [-0.39, 0.29) is 4.90 Å². The lowest BCUT2D eigenvalue weighted by molar-refractivity contribution is -0.138. The first-order chi connectivity index (χ1) is 9.81. The fourth-order valence-corrected chi connectivity index (χ4v) is 2.76. The molecule has 0 fully saturated rings. The van der Waals surface area contributed by atoms with Crippen LogP contribution in [0, 0.1) is 0 Å². The molecule has 7 nitrogen and oxygen atoms in total. The highest BCUT2D eigenvalue weighted by molar-refractivity contribution is 7.89. The molecule has 0 radical (unpaired) electrons. The van der Waals surface area contributed by atoms with E-state index in [1.165, 1.54) is 25.1 Å². The number of sulfonamides is 1. The highest BCUT2D eigenvalue weighted by Gasteiger charge is 2.22. The third-order valence-corrected chi connectivity index (χ3v) is 4.07. The Morgan fingerprint density at radius 2 is 1.81 bits per heavy atom. The SMILES string of the molecule is CCOc1ccc(S(=O)(=O)N[C@@H](C)C(=O)O)cc1OCC. The number of carbonyl (C=O) groups is 1. The zero-order valence-electron chi connectivity index (χ0n) is 12.1. The summed E-state index contributed by atoms with van der Waals surface area (Å²) in [6.07, 6.45) is 0. The zero-order chi connectivity index (χ0) is 16.0. The molecule has 1 aromatic carbocycles. The zero-order valence-corrected chi connectivity index (χ0v) is 12.9. The lowest BCUT2D eigenvalue weighted by atomic mass is 10.3. The van der Waals surface area contributed by atoms with Gasteiger partial charge in [-0.25, -0.2) is 8.42 Å². The Balaban J connectivity index is 3.12. The highest BCUT2D eigenvalue weighted by atomic mass is 32.2. The summed E-state index contributed by atoms with van der Waals surface area (Å²) in [5.74, 6) is -0.524. The minimum absolute atomic E-state index is 0.0810. The lowest BCUT2D eigenvalue weighted by Crippen LogP contribution is -2.38. The van der Waals surface area contributed by atoms with E-state index < -0.39 is 22.0 Å². The summed E-state index contributed by atoms with van der Waals surface area (Å²) in [5.41, 5.74) is 0. The van der Waals surface area contributed by atoms with Crippen LogP contribution >= 0.6 is 0 Å². The molecule has 0 aromatic heterocycles. The molecule has 0 spiro atoms. The molecule has 0 aliphatic rings. The molecule has 1 rings (SSSR count). The summed E-state index contributed by atoms with van der Waals surface area (Å²) in [4.78, 5) is 10.7. The van der Waals surface area contributed by atoms with Crippen LogP contribution in [0.25, 0.3) is 0 Å². The van der Waals surface area contributed by atoms with Gasteiger partial charge in [-0.05, 0) is 32.9 Å². The van der Waals surface area contributed by atoms with Crippen molar-refractivity contribution >= 4 is 16.0 Å². The van der Waals surface area contributed by atoms with Crippen LogP contribution in [0.15, 0.2) is 23.1 Å². The number of hydrogen-bond acceptors (Lipinski definition) is 5. The van der Waals surface area contributed by atoms with Gasteiger partial charge < -0.3 is 14.6 Å². The van der Waals surface area contributed by atoms with Crippen molar-refractivity contribution in [2.75, 3.05) is 13.2 Å². The van der Waals surface area contributed by atoms with Gasteiger partial charge in [0.25, 0.3) is 0 Å². The molecule has 2 N–H and O–H groups in total. The molecule has 0 aliphatic heterocycles. The third-order valence-electron chi connectivity index (χ3n) is 2.53. The summed E-state index contributed by atoms with van der Waals surface area (Å²) in [6.45, 7) is 5.58. The topological polar surface area (TPSA) is 102 Å². The first kappa shape index (κ1) is 17.3. The van der Waals surface area contributed by atoms with Gasteiger partial charge in [0, 0.05) is 6.07 Å². The average Bonchev–Trinajstić information content (AvgIpc) is 2.40. The molecular formula is C13H19NO6S. The second-order valence-electron chi connectivity index (χ2n) is 4.16. The molecule has 21 heavy (non-hydrogen) atoms. The quantitative estimate of drug-likeness (QED) is 0.748. The fourth-order valence-electron chi connectivity index (χ4n) is 1.55. The Morgan fingerprint density at radius 1 is 1.24 bits per heavy atom. The number of aliphatic carboxylic acids is 1. The van der Waals surface area contributed by atoms with E-state index in [1.807, 2.05) is 0 Å². The van der Waals surface area contributed by atoms with Crippen LogP contribution in [0.4, 0.5) is 0 Å². The Labute approximate surface area is 123 Å². The maximum Gasteiger partial charge on any atom is 0.321 e. The van der Waals surface area contributed by atoms with Gasteiger partial charge in [0.1, 0.15) is 6.04 Å². The second kappa shape index (κ2) is 7.28. The van der Waals surface area contributed by atoms with Crippen molar-refractivity contribution in [2.24, 2.45) is 0 Å². The van der Waals surface area contributed by atoms with Crippen LogP contribution in [0.2, 0.25) is 0 Å². The second-order valence-corrected chi connectivity index (χ2v) is 5.87. The number of nitrogens with one attached hydrogen (secondary N) is 1. The molecule has 0 amide bonds. The Bertz CT molecular complexity index is 599. The van der Waals surface area contributed by atoms with E-state index in [1.54, 1.807) is 13.8 Å². The smallest absolute Gasteiger partial charge is 0.321 e. The van der Waals surface area contributed by atoms with Crippen LogP contribution in [0.5, 0.6) is 11.5 Å². The van der Waals surface area contributed by atoms with E-state index in [2.05, 4.69) is 4.72 Å². The van der Waals surface area contributed by atoms with Gasteiger partial charge in [-0.3, -0.25) is 4.79 Å². The van der Waals surface area contributed by atoms with Gasteiger partial charge in [-0.1, -0.05) is 0 Å². The number of hydrogen-bond donors (Lipinski definition) is 2. The molecule has 0 heterocycles. The van der Waals surface area contributed by atoms with Gasteiger partial charge in [-0.2, -0.15) is 4.72 Å². The first-order valence-corrected chi connectivity index (χ1v) is 7.95. The van der Waals surface area contributed by atoms with Crippen molar-refractivity contribution in [3.63, 3.8) is 0 Å². The highest BCUT2D eigenvalue weighted by Crippen LogP contribution is 2.30. The number of rotatable bonds is 8.